The summed E-state index contributed by atoms with van der Waals surface area (Å²) in [4.78, 5) is 10.4. The third-order valence-electron chi connectivity index (χ3n) is 8.77. The van der Waals surface area contributed by atoms with Crippen LogP contribution in [0.5, 0.6) is 11.5 Å². The quantitative estimate of drug-likeness (QED) is 0.196. The molecule has 0 radical (unpaired) electrons. The molecule has 4 nitrogen and oxygen atoms in total. The van der Waals surface area contributed by atoms with Gasteiger partial charge in [0.2, 0.25) is 5.95 Å². The van der Waals surface area contributed by atoms with Crippen LogP contribution in [-0.4, -0.2) is 14.5 Å². The molecule has 0 bridgehead atoms. The minimum Gasteiger partial charge on any atom is -0.456 e. The Kier molecular flexibility index (Phi) is 4.15. The highest BCUT2D eigenvalue weighted by atomic mass is 16.5. The predicted octanol–water partition coefficient (Wildman–Crippen LogP) is 9.96. The molecule has 9 aromatic rings. The Morgan fingerprint density at radius 2 is 1.07 bits per heavy atom. The molecule has 1 aliphatic heterocycles. The number of fused-ring (bicyclic) bond motifs is 11. The van der Waals surface area contributed by atoms with E-state index in [1.165, 1.54) is 43.1 Å². The van der Waals surface area contributed by atoms with Crippen molar-refractivity contribution < 1.29 is 4.74 Å². The molecule has 0 fully saturated rings. The highest BCUT2D eigenvalue weighted by Gasteiger charge is 2.24. The van der Waals surface area contributed by atoms with E-state index in [1.54, 1.807) is 0 Å². The van der Waals surface area contributed by atoms with Gasteiger partial charge in [-0.1, -0.05) is 84.9 Å². The lowest BCUT2D eigenvalue weighted by Crippen LogP contribution is -2.06. The number of hydrogen-bond donors (Lipinski definition) is 0. The van der Waals surface area contributed by atoms with E-state index >= 15 is 0 Å². The second-order valence-corrected chi connectivity index (χ2v) is 11.0. The van der Waals surface area contributed by atoms with Crippen molar-refractivity contribution in [2.24, 2.45) is 0 Å². The molecule has 7 aromatic carbocycles. The molecule has 0 N–H and O–H groups in total. The van der Waals surface area contributed by atoms with Gasteiger partial charge in [-0.15, -0.1) is 0 Å². The Balaban J connectivity index is 1.39. The number of para-hydroxylation sites is 2. The molecule has 2 aromatic heterocycles. The molecule has 4 heteroatoms. The highest BCUT2D eigenvalue weighted by Crippen LogP contribution is 2.46. The maximum absolute atomic E-state index is 6.26. The van der Waals surface area contributed by atoms with Gasteiger partial charge in [0.25, 0.3) is 0 Å². The SMILES string of the molecule is c1ccc2c(c1)Oc1cccc3nc(-n4c5ccccc5c5cc6c7ccccc7c7ccccc7c6cc54)nc-2c13. The van der Waals surface area contributed by atoms with Crippen molar-refractivity contribution in [3.8, 4) is 28.7 Å². The Labute approximate surface area is 240 Å². The van der Waals surface area contributed by atoms with Crippen molar-refractivity contribution >= 4 is 65.0 Å². The van der Waals surface area contributed by atoms with Crippen LogP contribution in [-0.2, 0) is 0 Å². The van der Waals surface area contributed by atoms with Crippen LogP contribution < -0.4 is 4.74 Å². The van der Waals surface area contributed by atoms with Crippen molar-refractivity contribution in [3.63, 3.8) is 0 Å². The summed E-state index contributed by atoms with van der Waals surface area (Å²) in [6.07, 6.45) is 0. The lowest BCUT2D eigenvalue weighted by atomic mass is 9.93. The number of aromatic nitrogens is 3. The van der Waals surface area contributed by atoms with Gasteiger partial charge in [0.1, 0.15) is 11.5 Å². The van der Waals surface area contributed by atoms with Crippen molar-refractivity contribution in [2.75, 3.05) is 0 Å². The van der Waals surface area contributed by atoms with Crippen LogP contribution in [0, 0.1) is 0 Å². The summed E-state index contributed by atoms with van der Waals surface area (Å²) < 4.78 is 8.49. The number of ether oxygens (including phenoxy) is 1. The molecule has 0 aliphatic carbocycles. The first kappa shape index (κ1) is 22.0. The number of benzene rings is 7. The van der Waals surface area contributed by atoms with Gasteiger partial charge in [0.05, 0.1) is 27.6 Å². The maximum Gasteiger partial charge on any atom is 0.235 e. The van der Waals surface area contributed by atoms with Crippen molar-refractivity contribution in [1.29, 1.82) is 0 Å². The Hall–Kier alpha value is -5.74. The van der Waals surface area contributed by atoms with E-state index in [2.05, 4.69) is 95.6 Å². The fourth-order valence-electron chi connectivity index (χ4n) is 6.97. The zero-order chi connectivity index (χ0) is 27.4. The fourth-order valence-corrected chi connectivity index (χ4v) is 6.97. The lowest BCUT2D eigenvalue weighted by molar-refractivity contribution is 0.486. The van der Waals surface area contributed by atoms with Crippen LogP contribution in [0.15, 0.2) is 127 Å². The zero-order valence-corrected chi connectivity index (χ0v) is 22.4. The van der Waals surface area contributed by atoms with E-state index in [4.69, 9.17) is 14.7 Å². The van der Waals surface area contributed by atoms with Gasteiger partial charge < -0.3 is 4.74 Å². The van der Waals surface area contributed by atoms with Crippen molar-refractivity contribution in [2.45, 2.75) is 0 Å². The minimum atomic E-state index is 0.655. The summed E-state index contributed by atoms with van der Waals surface area (Å²) in [6, 6.07) is 44.9. The number of nitrogens with zero attached hydrogens (tertiary/aromatic N) is 3. The molecular weight excluding hydrogens is 514 g/mol. The third-order valence-corrected chi connectivity index (χ3v) is 8.77. The summed E-state index contributed by atoms with van der Waals surface area (Å²) in [7, 11) is 0. The van der Waals surface area contributed by atoms with E-state index in [-0.39, 0.29) is 0 Å². The largest absolute Gasteiger partial charge is 0.456 e. The summed E-state index contributed by atoms with van der Waals surface area (Å²) in [6.45, 7) is 0. The summed E-state index contributed by atoms with van der Waals surface area (Å²) in [5, 5.41) is 10.8. The van der Waals surface area contributed by atoms with Gasteiger partial charge in [-0.25, -0.2) is 9.97 Å². The first-order valence-corrected chi connectivity index (χ1v) is 14.2. The molecule has 10 rings (SSSR count). The van der Waals surface area contributed by atoms with Crippen LogP contribution in [0.1, 0.15) is 0 Å². The minimum absolute atomic E-state index is 0.655. The van der Waals surface area contributed by atoms with Gasteiger partial charge >= 0.3 is 0 Å². The lowest BCUT2D eigenvalue weighted by Gasteiger charge is -2.21. The Bertz CT molecular complexity index is 2610. The van der Waals surface area contributed by atoms with Gasteiger partial charge in [-0.05, 0) is 74.8 Å². The number of hydrogen-bond acceptors (Lipinski definition) is 3. The van der Waals surface area contributed by atoms with Gasteiger partial charge in [-0.2, -0.15) is 0 Å². The molecule has 0 spiro atoms. The molecule has 0 saturated heterocycles. The average molecular weight is 536 g/mol. The van der Waals surface area contributed by atoms with Gasteiger partial charge in [0, 0.05) is 16.3 Å². The smallest absolute Gasteiger partial charge is 0.235 e. The maximum atomic E-state index is 6.26. The topological polar surface area (TPSA) is 39.9 Å². The van der Waals surface area contributed by atoms with Gasteiger partial charge in [0.15, 0.2) is 0 Å². The zero-order valence-electron chi connectivity index (χ0n) is 22.4. The van der Waals surface area contributed by atoms with Crippen LogP contribution in [0.4, 0.5) is 0 Å². The second kappa shape index (κ2) is 7.93. The van der Waals surface area contributed by atoms with E-state index in [0.717, 1.165) is 44.7 Å². The Morgan fingerprint density at radius 1 is 0.452 bits per heavy atom. The second-order valence-electron chi connectivity index (χ2n) is 11.0. The molecule has 0 atom stereocenters. The number of rotatable bonds is 1. The predicted molar refractivity (Wildman–Crippen MR) is 172 cm³/mol. The normalized spacial score (nSPS) is 12.5. The molecule has 0 unspecified atom stereocenters. The van der Waals surface area contributed by atoms with E-state index < -0.39 is 0 Å². The van der Waals surface area contributed by atoms with Crippen molar-refractivity contribution in [3.05, 3.63) is 127 Å². The van der Waals surface area contributed by atoms with E-state index in [9.17, 15) is 0 Å². The van der Waals surface area contributed by atoms with Crippen LogP contribution in [0.25, 0.3) is 82.2 Å². The summed E-state index contributed by atoms with van der Waals surface area (Å²) in [5.41, 5.74) is 4.92. The van der Waals surface area contributed by atoms with Gasteiger partial charge in [-0.3, -0.25) is 4.57 Å². The third kappa shape index (κ3) is 2.80. The van der Waals surface area contributed by atoms with E-state index in [1.807, 2.05) is 36.4 Å². The van der Waals surface area contributed by atoms with Crippen LogP contribution in [0.2, 0.25) is 0 Å². The molecule has 194 valence electrons. The Morgan fingerprint density at radius 3 is 1.86 bits per heavy atom. The van der Waals surface area contributed by atoms with E-state index in [0.29, 0.717) is 5.95 Å². The summed E-state index contributed by atoms with van der Waals surface area (Å²) in [5.74, 6) is 2.26. The molecular formula is C38H21N3O. The summed E-state index contributed by atoms with van der Waals surface area (Å²) >= 11 is 0. The fraction of sp³-hybridized carbons (Fsp3) is 0. The van der Waals surface area contributed by atoms with Crippen molar-refractivity contribution in [1.82, 2.24) is 14.5 Å². The molecule has 1 aliphatic rings. The van der Waals surface area contributed by atoms with Crippen LogP contribution in [0.3, 0.4) is 0 Å². The molecule has 0 saturated carbocycles. The first-order chi connectivity index (χ1) is 20.8. The molecule has 0 amide bonds. The monoisotopic (exact) mass is 535 g/mol. The molecule has 3 heterocycles. The van der Waals surface area contributed by atoms with Crippen LogP contribution >= 0.6 is 0 Å². The molecule has 42 heavy (non-hydrogen) atoms. The first-order valence-electron chi connectivity index (χ1n) is 14.2. The highest BCUT2D eigenvalue weighted by molar-refractivity contribution is 6.28. The standard InChI is InChI=1S/C38H21N3O/c1-3-12-24-22(10-1)23-11-2-4-13-25(23)29-21-33-30(20-28(24)29)26-14-5-7-17-32(26)41(33)38-39-31-16-9-19-35-36(31)37(40-38)27-15-6-8-18-34(27)42-35/h1-21H. The average Bonchev–Trinajstić information content (AvgIpc) is 3.37.